The minimum Gasteiger partial charge on any atom is -0.370 e. The van der Waals surface area contributed by atoms with Gasteiger partial charge in [0.25, 0.3) is 0 Å². The first-order valence-electron chi connectivity index (χ1n) is 6.16. The highest BCUT2D eigenvalue weighted by Crippen LogP contribution is 2.36. The summed E-state index contributed by atoms with van der Waals surface area (Å²) in [4.78, 5) is 12.4. The van der Waals surface area contributed by atoms with Gasteiger partial charge in [0, 0.05) is 12.7 Å². The first-order valence-corrected chi connectivity index (χ1v) is 6.16. The van der Waals surface area contributed by atoms with Crippen LogP contribution in [0.1, 0.15) is 41.6 Å². The van der Waals surface area contributed by atoms with Gasteiger partial charge in [0.2, 0.25) is 0 Å². The van der Waals surface area contributed by atoms with E-state index in [2.05, 4.69) is 0 Å². The summed E-state index contributed by atoms with van der Waals surface area (Å²) in [5.41, 5.74) is -1.32. The number of methoxy groups -OCH3 is 1. The van der Waals surface area contributed by atoms with Gasteiger partial charge in [0.1, 0.15) is 5.60 Å². The number of carbonyl (C=O) groups is 1. The van der Waals surface area contributed by atoms with Crippen LogP contribution in [0.25, 0.3) is 0 Å². The average Bonchev–Trinajstić information content (AvgIpc) is 2.87. The number of benzene rings is 1. The van der Waals surface area contributed by atoms with Crippen molar-refractivity contribution in [2.45, 2.75) is 37.5 Å². The maximum absolute atomic E-state index is 12.5. The normalized spacial score (nSPS) is 18.5. The van der Waals surface area contributed by atoms with E-state index in [0.29, 0.717) is 12.8 Å². The van der Waals surface area contributed by atoms with Gasteiger partial charge in [-0.1, -0.05) is 12.1 Å². The molecule has 0 aromatic heterocycles. The van der Waals surface area contributed by atoms with E-state index in [1.54, 1.807) is 0 Å². The lowest BCUT2D eigenvalue weighted by atomic mass is 9.90. The van der Waals surface area contributed by atoms with E-state index in [9.17, 15) is 18.0 Å². The smallest absolute Gasteiger partial charge is 0.370 e. The third-order valence-corrected chi connectivity index (χ3v) is 3.69. The number of alkyl halides is 3. The fraction of sp³-hybridized carbons (Fsp3) is 0.500. The van der Waals surface area contributed by atoms with Gasteiger partial charge in [-0.15, -0.1) is 0 Å². The maximum Gasteiger partial charge on any atom is 0.416 e. The molecule has 0 unspecified atom stereocenters. The largest absolute Gasteiger partial charge is 0.416 e. The van der Waals surface area contributed by atoms with Crippen molar-refractivity contribution >= 4 is 5.78 Å². The molecule has 0 aliphatic heterocycles. The van der Waals surface area contributed by atoms with Gasteiger partial charge in [-0.05, 0) is 37.8 Å². The standard InChI is InChI=1S/C14H15F3O2/c1-19-13(8-2-3-9-13)12(18)10-4-6-11(7-5-10)14(15,16)17/h4-7H,2-3,8-9H2,1H3. The number of ketones is 1. The van der Waals surface area contributed by atoms with Crippen molar-refractivity contribution in [2.75, 3.05) is 7.11 Å². The summed E-state index contributed by atoms with van der Waals surface area (Å²) >= 11 is 0. The van der Waals surface area contributed by atoms with E-state index in [0.717, 1.165) is 25.0 Å². The third kappa shape index (κ3) is 2.66. The predicted molar refractivity (Wildman–Crippen MR) is 64.0 cm³/mol. The summed E-state index contributed by atoms with van der Waals surface area (Å²) in [5.74, 6) is -0.221. The number of rotatable bonds is 3. The zero-order chi connectivity index (χ0) is 14.1. The quantitative estimate of drug-likeness (QED) is 0.781. The lowest BCUT2D eigenvalue weighted by Crippen LogP contribution is -2.37. The van der Waals surface area contributed by atoms with Crippen molar-refractivity contribution in [1.82, 2.24) is 0 Å². The van der Waals surface area contributed by atoms with Crippen LogP contribution in [-0.2, 0) is 10.9 Å². The fourth-order valence-corrected chi connectivity index (χ4v) is 2.54. The van der Waals surface area contributed by atoms with Gasteiger partial charge >= 0.3 is 6.18 Å². The highest BCUT2D eigenvalue weighted by molar-refractivity contribution is 6.02. The first-order chi connectivity index (χ1) is 8.89. The van der Waals surface area contributed by atoms with E-state index in [1.807, 2.05) is 0 Å². The molecule has 0 N–H and O–H groups in total. The van der Waals surface area contributed by atoms with Crippen LogP contribution in [0.3, 0.4) is 0 Å². The molecule has 1 fully saturated rings. The Labute approximate surface area is 109 Å². The first kappa shape index (κ1) is 14.1. The van der Waals surface area contributed by atoms with Gasteiger partial charge in [-0.25, -0.2) is 0 Å². The van der Waals surface area contributed by atoms with Crippen LogP contribution in [0, 0.1) is 0 Å². The van der Waals surface area contributed by atoms with Crippen LogP contribution in [0.5, 0.6) is 0 Å². The molecule has 0 spiro atoms. The zero-order valence-electron chi connectivity index (χ0n) is 10.6. The second kappa shape index (κ2) is 4.96. The van der Waals surface area contributed by atoms with Crippen molar-refractivity contribution in [3.63, 3.8) is 0 Å². The van der Waals surface area contributed by atoms with Gasteiger partial charge in [0.05, 0.1) is 5.56 Å². The molecule has 2 rings (SSSR count). The Morgan fingerprint density at radius 3 is 2.11 bits per heavy atom. The number of hydrogen-bond donors (Lipinski definition) is 0. The molecule has 0 bridgehead atoms. The predicted octanol–water partition coefficient (Wildman–Crippen LogP) is 3.85. The summed E-state index contributed by atoms with van der Waals surface area (Å²) < 4.78 is 42.7. The van der Waals surface area contributed by atoms with E-state index < -0.39 is 17.3 Å². The molecule has 19 heavy (non-hydrogen) atoms. The molecule has 0 amide bonds. The Hall–Kier alpha value is -1.36. The molecule has 0 radical (unpaired) electrons. The summed E-state index contributed by atoms with van der Waals surface area (Å²) in [6.07, 6.45) is -1.32. The molecule has 1 saturated carbocycles. The second-order valence-corrected chi connectivity index (χ2v) is 4.81. The van der Waals surface area contributed by atoms with E-state index in [4.69, 9.17) is 4.74 Å². The highest BCUT2D eigenvalue weighted by atomic mass is 19.4. The maximum atomic E-state index is 12.5. The summed E-state index contributed by atoms with van der Waals surface area (Å²) in [6.45, 7) is 0. The van der Waals surface area contributed by atoms with Crippen LogP contribution in [-0.4, -0.2) is 18.5 Å². The Kier molecular flexibility index (Phi) is 3.67. The van der Waals surface area contributed by atoms with Gasteiger partial charge in [0.15, 0.2) is 5.78 Å². The van der Waals surface area contributed by atoms with Crippen molar-refractivity contribution < 1.29 is 22.7 Å². The molecule has 1 aromatic rings. The number of ether oxygens (including phenoxy) is 1. The van der Waals surface area contributed by atoms with Crippen LogP contribution >= 0.6 is 0 Å². The number of halogens is 3. The molecule has 0 atom stereocenters. The van der Waals surface area contributed by atoms with Crippen LogP contribution in [0.4, 0.5) is 13.2 Å². The molecule has 5 heteroatoms. The molecule has 0 heterocycles. The molecule has 104 valence electrons. The SMILES string of the molecule is COC1(C(=O)c2ccc(C(F)(F)F)cc2)CCCC1. The van der Waals surface area contributed by atoms with Gasteiger partial charge in [-0.3, -0.25) is 4.79 Å². The summed E-state index contributed by atoms with van der Waals surface area (Å²) in [7, 11) is 1.48. The average molecular weight is 272 g/mol. The second-order valence-electron chi connectivity index (χ2n) is 4.81. The van der Waals surface area contributed by atoms with E-state index >= 15 is 0 Å². The lowest BCUT2D eigenvalue weighted by Gasteiger charge is -2.25. The zero-order valence-corrected chi connectivity index (χ0v) is 10.6. The number of carbonyl (C=O) groups excluding carboxylic acids is 1. The van der Waals surface area contributed by atoms with E-state index in [-0.39, 0.29) is 11.3 Å². The Bertz CT molecular complexity index is 457. The minimum absolute atomic E-state index is 0.221. The molecular weight excluding hydrogens is 257 g/mol. The summed E-state index contributed by atoms with van der Waals surface area (Å²) in [6, 6.07) is 4.32. The Balaban J connectivity index is 2.25. The monoisotopic (exact) mass is 272 g/mol. The van der Waals surface area contributed by atoms with Crippen molar-refractivity contribution in [2.24, 2.45) is 0 Å². The van der Waals surface area contributed by atoms with Crippen molar-refractivity contribution in [1.29, 1.82) is 0 Å². The number of Topliss-reactive ketones (excluding diaryl/α,β-unsaturated/α-hetero) is 1. The molecule has 1 aromatic carbocycles. The van der Waals surface area contributed by atoms with Crippen LogP contribution < -0.4 is 0 Å². The lowest BCUT2D eigenvalue weighted by molar-refractivity contribution is -0.137. The number of hydrogen-bond acceptors (Lipinski definition) is 2. The van der Waals surface area contributed by atoms with Crippen LogP contribution in [0.2, 0.25) is 0 Å². The van der Waals surface area contributed by atoms with E-state index in [1.165, 1.54) is 19.2 Å². The van der Waals surface area contributed by atoms with Gasteiger partial charge in [-0.2, -0.15) is 13.2 Å². The Morgan fingerprint density at radius 2 is 1.68 bits per heavy atom. The van der Waals surface area contributed by atoms with Crippen molar-refractivity contribution in [3.05, 3.63) is 35.4 Å². The van der Waals surface area contributed by atoms with Crippen LogP contribution in [0.15, 0.2) is 24.3 Å². The molecular formula is C14H15F3O2. The molecule has 1 aliphatic carbocycles. The minimum atomic E-state index is -4.38. The fourth-order valence-electron chi connectivity index (χ4n) is 2.54. The van der Waals surface area contributed by atoms with Crippen molar-refractivity contribution in [3.8, 4) is 0 Å². The Morgan fingerprint density at radius 1 is 1.16 bits per heavy atom. The molecule has 2 nitrogen and oxygen atoms in total. The summed E-state index contributed by atoms with van der Waals surface area (Å²) in [5, 5.41) is 0. The third-order valence-electron chi connectivity index (χ3n) is 3.69. The van der Waals surface area contributed by atoms with Gasteiger partial charge < -0.3 is 4.74 Å². The molecule has 1 aliphatic rings. The highest BCUT2D eigenvalue weighted by Gasteiger charge is 2.41. The molecule has 0 saturated heterocycles. The topological polar surface area (TPSA) is 26.3 Å².